The lowest BCUT2D eigenvalue weighted by Crippen LogP contribution is -2.46. The van der Waals surface area contributed by atoms with Gasteiger partial charge in [-0.2, -0.15) is 0 Å². The minimum absolute atomic E-state index is 0.0961. The summed E-state index contributed by atoms with van der Waals surface area (Å²) in [7, 11) is 0. The van der Waals surface area contributed by atoms with Crippen molar-refractivity contribution >= 4 is 16.8 Å². The van der Waals surface area contributed by atoms with Gasteiger partial charge in [0.1, 0.15) is 0 Å². The number of aromatic nitrogens is 1. The van der Waals surface area contributed by atoms with Crippen LogP contribution in [0.4, 0.5) is 0 Å². The topological polar surface area (TPSA) is 53.2 Å². The van der Waals surface area contributed by atoms with E-state index in [0.717, 1.165) is 36.6 Å². The molecular weight excluding hydrogens is 312 g/mol. The van der Waals surface area contributed by atoms with E-state index in [1.165, 1.54) is 6.42 Å². The summed E-state index contributed by atoms with van der Waals surface area (Å²) in [6, 6.07) is 9.94. The largest absolute Gasteiger partial charge is 0.335 e. The minimum Gasteiger partial charge on any atom is -0.335 e. The van der Waals surface area contributed by atoms with E-state index in [9.17, 15) is 9.59 Å². The molecule has 0 atom stereocenters. The molecule has 1 amide bonds. The number of nitrogens with zero attached hydrogens (tertiary/aromatic N) is 1. The summed E-state index contributed by atoms with van der Waals surface area (Å²) in [5, 5.41) is 1.00. The predicted molar refractivity (Wildman–Crippen MR) is 101 cm³/mol. The van der Waals surface area contributed by atoms with Gasteiger partial charge in [0.2, 0.25) is 5.91 Å². The third-order valence-electron chi connectivity index (χ3n) is 5.09. The fourth-order valence-electron chi connectivity index (χ4n) is 3.68. The van der Waals surface area contributed by atoms with Gasteiger partial charge in [-0.3, -0.25) is 9.59 Å². The Morgan fingerprint density at radius 3 is 2.52 bits per heavy atom. The Hall–Kier alpha value is -2.10. The molecule has 1 heterocycles. The molecule has 0 spiro atoms. The average molecular weight is 340 g/mol. The van der Waals surface area contributed by atoms with Crippen molar-refractivity contribution in [2.75, 3.05) is 0 Å². The number of hydrogen-bond acceptors (Lipinski definition) is 2. The quantitative estimate of drug-likeness (QED) is 0.909. The molecule has 1 saturated carbocycles. The Morgan fingerprint density at radius 2 is 1.84 bits per heavy atom. The number of pyridine rings is 1. The fraction of sp³-hybridized carbons (Fsp3) is 0.524. The van der Waals surface area contributed by atoms with Crippen LogP contribution in [0, 0.1) is 5.41 Å². The lowest BCUT2D eigenvalue weighted by atomic mass is 9.89. The standard InChI is InChI=1S/C21H28N2O2/c1-21(2,3)20(25)23(17-10-5-4-6-11-17)14-16-13-15-9-7-8-12-18(15)22-19(16)24/h7-9,12-13,17H,4-6,10-11,14H2,1-3H3,(H,22,24). The molecule has 1 aromatic heterocycles. The van der Waals surface area contributed by atoms with E-state index in [0.29, 0.717) is 12.1 Å². The van der Waals surface area contributed by atoms with Crippen LogP contribution in [0.1, 0.15) is 58.4 Å². The lowest BCUT2D eigenvalue weighted by Gasteiger charge is -2.38. The van der Waals surface area contributed by atoms with Crippen molar-refractivity contribution in [3.63, 3.8) is 0 Å². The minimum atomic E-state index is -0.443. The number of amides is 1. The number of carbonyl (C=O) groups excluding carboxylic acids is 1. The lowest BCUT2D eigenvalue weighted by molar-refractivity contribution is -0.143. The van der Waals surface area contributed by atoms with Crippen LogP contribution in [-0.4, -0.2) is 21.8 Å². The van der Waals surface area contributed by atoms with Crippen LogP contribution in [0.25, 0.3) is 10.9 Å². The van der Waals surface area contributed by atoms with Gasteiger partial charge >= 0.3 is 0 Å². The number of nitrogens with one attached hydrogen (secondary N) is 1. The Kier molecular flexibility index (Phi) is 4.98. The summed E-state index contributed by atoms with van der Waals surface area (Å²) in [5.41, 5.74) is 0.965. The second-order valence-electron chi connectivity index (χ2n) is 8.19. The maximum atomic E-state index is 13.1. The van der Waals surface area contributed by atoms with Gasteiger partial charge in [-0.05, 0) is 30.4 Å². The SMILES string of the molecule is CC(C)(C)C(=O)N(Cc1cc2ccccc2[nH]c1=O)C1CCCCC1. The van der Waals surface area contributed by atoms with Gasteiger partial charge in [-0.1, -0.05) is 58.2 Å². The van der Waals surface area contributed by atoms with E-state index in [-0.39, 0.29) is 17.5 Å². The molecular formula is C21H28N2O2. The van der Waals surface area contributed by atoms with Crippen molar-refractivity contribution in [2.24, 2.45) is 5.41 Å². The second-order valence-corrected chi connectivity index (χ2v) is 8.19. The zero-order valence-electron chi connectivity index (χ0n) is 15.5. The molecule has 4 heteroatoms. The smallest absolute Gasteiger partial charge is 0.253 e. The van der Waals surface area contributed by atoms with E-state index >= 15 is 0 Å². The van der Waals surface area contributed by atoms with Crippen molar-refractivity contribution < 1.29 is 4.79 Å². The molecule has 0 aliphatic heterocycles. The van der Waals surface area contributed by atoms with Crippen molar-refractivity contribution in [3.05, 3.63) is 46.2 Å². The summed E-state index contributed by atoms with van der Waals surface area (Å²) in [6.45, 7) is 6.25. The predicted octanol–water partition coefficient (Wildman–Crippen LogP) is 4.24. The number of carbonyl (C=O) groups is 1. The summed E-state index contributed by atoms with van der Waals surface area (Å²) in [4.78, 5) is 30.5. The van der Waals surface area contributed by atoms with Crippen LogP contribution >= 0.6 is 0 Å². The van der Waals surface area contributed by atoms with E-state index in [4.69, 9.17) is 0 Å². The van der Waals surface area contributed by atoms with E-state index in [1.54, 1.807) is 0 Å². The summed E-state index contributed by atoms with van der Waals surface area (Å²) in [5.74, 6) is 0.131. The molecule has 1 aliphatic rings. The van der Waals surface area contributed by atoms with Gasteiger partial charge in [0, 0.05) is 22.5 Å². The number of fused-ring (bicyclic) bond motifs is 1. The van der Waals surface area contributed by atoms with Crippen LogP contribution < -0.4 is 5.56 Å². The zero-order chi connectivity index (χ0) is 18.0. The van der Waals surface area contributed by atoms with Crippen molar-refractivity contribution in [3.8, 4) is 0 Å². The number of hydrogen-bond donors (Lipinski definition) is 1. The normalized spacial score (nSPS) is 16.1. The molecule has 0 unspecified atom stereocenters. The molecule has 1 N–H and O–H groups in total. The molecule has 25 heavy (non-hydrogen) atoms. The van der Waals surface area contributed by atoms with Gasteiger partial charge in [-0.25, -0.2) is 0 Å². The van der Waals surface area contributed by atoms with Gasteiger partial charge in [-0.15, -0.1) is 0 Å². The van der Waals surface area contributed by atoms with Crippen LogP contribution in [-0.2, 0) is 11.3 Å². The van der Waals surface area contributed by atoms with E-state index in [2.05, 4.69) is 4.98 Å². The van der Waals surface area contributed by atoms with Crippen LogP contribution in [0.3, 0.4) is 0 Å². The van der Waals surface area contributed by atoms with Gasteiger partial charge in [0.25, 0.3) is 5.56 Å². The molecule has 1 aromatic carbocycles. The highest BCUT2D eigenvalue weighted by Gasteiger charge is 2.33. The summed E-state index contributed by atoms with van der Waals surface area (Å²) < 4.78 is 0. The highest BCUT2D eigenvalue weighted by atomic mass is 16.2. The number of para-hydroxylation sites is 1. The van der Waals surface area contributed by atoms with Gasteiger partial charge in [0.15, 0.2) is 0 Å². The Labute approximate surface area is 149 Å². The summed E-state index contributed by atoms with van der Waals surface area (Å²) in [6.07, 6.45) is 5.63. The maximum absolute atomic E-state index is 13.1. The number of rotatable bonds is 3. The summed E-state index contributed by atoms with van der Waals surface area (Å²) >= 11 is 0. The Balaban J connectivity index is 1.95. The molecule has 0 saturated heterocycles. The molecule has 1 fully saturated rings. The maximum Gasteiger partial charge on any atom is 0.253 e. The third-order valence-corrected chi connectivity index (χ3v) is 5.09. The number of aromatic amines is 1. The average Bonchev–Trinajstić information content (AvgIpc) is 2.59. The molecule has 0 bridgehead atoms. The first-order chi connectivity index (χ1) is 11.9. The molecule has 134 valence electrons. The van der Waals surface area contributed by atoms with Crippen LogP contribution in [0.2, 0.25) is 0 Å². The number of H-pyrrole nitrogens is 1. The van der Waals surface area contributed by atoms with Crippen molar-refractivity contribution in [2.45, 2.75) is 65.5 Å². The molecule has 0 radical (unpaired) electrons. The Bertz CT molecular complexity index is 810. The van der Waals surface area contributed by atoms with Crippen molar-refractivity contribution in [1.82, 2.24) is 9.88 Å². The molecule has 1 aliphatic carbocycles. The monoisotopic (exact) mass is 340 g/mol. The zero-order valence-corrected chi connectivity index (χ0v) is 15.5. The van der Waals surface area contributed by atoms with E-state index in [1.807, 2.05) is 56.0 Å². The third kappa shape index (κ3) is 3.94. The Morgan fingerprint density at radius 1 is 1.16 bits per heavy atom. The van der Waals surface area contributed by atoms with Crippen LogP contribution in [0.5, 0.6) is 0 Å². The fourth-order valence-corrected chi connectivity index (χ4v) is 3.68. The highest BCUT2D eigenvalue weighted by molar-refractivity contribution is 5.82. The molecule has 2 aromatic rings. The second kappa shape index (κ2) is 7.03. The van der Waals surface area contributed by atoms with Gasteiger partial charge < -0.3 is 9.88 Å². The number of benzene rings is 1. The first-order valence-corrected chi connectivity index (χ1v) is 9.28. The first-order valence-electron chi connectivity index (χ1n) is 9.28. The highest BCUT2D eigenvalue weighted by Crippen LogP contribution is 2.28. The van der Waals surface area contributed by atoms with Gasteiger partial charge in [0.05, 0.1) is 6.54 Å². The molecule has 3 rings (SSSR count). The molecule has 4 nitrogen and oxygen atoms in total. The van der Waals surface area contributed by atoms with E-state index < -0.39 is 5.41 Å². The first kappa shape index (κ1) is 17.7. The van der Waals surface area contributed by atoms with Crippen molar-refractivity contribution in [1.29, 1.82) is 0 Å². The van der Waals surface area contributed by atoms with Crippen LogP contribution in [0.15, 0.2) is 35.1 Å².